The average molecular weight is 239 g/mol. The van der Waals surface area contributed by atoms with Crippen LogP contribution in [0.15, 0.2) is 0 Å². The minimum atomic E-state index is -0.225. The molecule has 17 heavy (non-hydrogen) atoms. The fraction of sp³-hybridized carbons (Fsp3) is 0.923. The Hall–Kier alpha value is -0.610. The van der Waals surface area contributed by atoms with E-state index < -0.39 is 0 Å². The Kier molecular flexibility index (Phi) is 3.73. The van der Waals surface area contributed by atoms with Gasteiger partial charge in [-0.1, -0.05) is 13.8 Å². The minimum Gasteiger partial charge on any atom is -0.368 e. The topological polar surface area (TPSA) is 58.4 Å². The molecule has 1 aliphatic carbocycles. The van der Waals surface area contributed by atoms with Crippen LogP contribution >= 0.6 is 0 Å². The van der Waals surface area contributed by atoms with Crippen LogP contribution in [0.4, 0.5) is 0 Å². The highest BCUT2D eigenvalue weighted by Crippen LogP contribution is 2.33. The lowest BCUT2D eigenvalue weighted by atomic mass is 10.0. The van der Waals surface area contributed by atoms with Gasteiger partial charge < -0.3 is 11.1 Å². The summed E-state index contributed by atoms with van der Waals surface area (Å²) in [6.45, 7) is 7.44. The van der Waals surface area contributed by atoms with Crippen LogP contribution in [0.3, 0.4) is 0 Å². The van der Waals surface area contributed by atoms with Gasteiger partial charge in [0.05, 0.1) is 6.04 Å². The van der Waals surface area contributed by atoms with Gasteiger partial charge in [-0.05, 0) is 32.1 Å². The number of hydrogen-bond acceptors (Lipinski definition) is 3. The van der Waals surface area contributed by atoms with Crippen LogP contribution in [0, 0.1) is 5.92 Å². The molecule has 4 nitrogen and oxygen atoms in total. The van der Waals surface area contributed by atoms with Crippen molar-refractivity contribution in [1.82, 2.24) is 10.2 Å². The molecule has 4 heteroatoms. The molecule has 0 spiro atoms. The number of likely N-dealkylation sites (tertiary alicyclic amines) is 1. The zero-order valence-electron chi connectivity index (χ0n) is 11.1. The molecule has 2 rings (SSSR count). The maximum atomic E-state index is 11.4. The summed E-state index contributed by atoms with van der Waals surface area (Å²) in [6.07, 6.45) is 3.83. The van der Waals surface area contributed by atoms with Crippen LogP contribution in [-0.4, -0.2) is 41.5 Å². The van der Waals surface area contributed by atoms with Crippen molar-refractivity contribution in [3.8, 4) is 0 Å². The van der Waals surface area contributed by atoms with E-state index >= 15 is 0 Å². The Balaban J connectivity index is 1.89. The molecule has 3 atom stereocenters. The predicted molar refractivity (Wildman–Crippen MR) is 68.6 cm³/mol. The highest BCUT2D eigenvalue weighted by atomic mass is 16.1. The first-order valence-electron chi connectivity index (χ1n) is 6.80. The number of carbonyl (C=O) groups is 1. The van der Waals surface area contributed by atoms with Crippen molar-refractivity contribution in [3.05, 3.63) is 0 Å². The third-order valence-electron chi connectivity index (χ3n) is 4.03. The quantitative estimate of drug-likeness (QED) is 0.743. The average Bonchev–Trinajstić information content (AvgIpc) is 2.99. The molecule has 98 valence electrons. The van der Waals surface area contributed by atoms with Gasteiger partial charge >= 0.3 is 0 Å². The summed E-state index contributed by atoms with van der Waals surface area (Å²) in [5.41, 5.74) is 5.44. The summed E-state index contributed by atoms with van der Waals surface area (Å²) in [4.78, 5) is 14.0. The third kappa shape index (κ3) is 2.99. The molecule has 0 aromatic carbocycles. The largest absolute Gasteiger partial charge is 0.368 e. The molecule has 3 unspecified atom stereocenters. The highest BCUT2D eigenvalue weighted by Gasteiger charge is 2.39. The number of rotatable bonds is 5. The van der Waals surface area contributed by atoms with Crippen LogP contribution in [0.5, 0.6) is 0 Å². The molecule has 0 bridgehead atoms. The summed E-state index contributed by atoms with van der Waals surface area (Å²) in [6, 6.07) is 1.68. The standard InChI is InChI=1S/C13H25N3O/c1-8(2)12(13(14)17)15-10-6-9(3)16(7-10)11-4-5-11/h8-12,15H,4-7H2,1-3H3,(H2,14,17). The molecule has 0 aromatic heterocycles. The van der Waals surface area contributed by atoms with E-state index in [-0.39, 0.29) is 17.9 Å². The van der Waals surface area contributed by atoms with Gasteiger partial charge in [0, 0.05) is 24.7 Å². The number of amides is 1. The molecule has 0 aromatic rings. The number of nitrogens with zero attached hydrogens (tertiary/aromatic N) is 1. The summed E-state index contributed by atoms with van der Waals surface area (Å²) in [5.74, 6) is 0.0373. The summed E-state index contributed by atoms with van der Waals surface area (Å²) in [7, 11) is 0. The molecule has 2 fully saturated rings. The van der Waals surface area contributed by atoms with Gasteiger partial charge in [0.25, 0.3) is 0 Å². The van der Waals surface area contributed by atoms with Gasteiger partial charge in [-0.15, -0.1) is 0 Å². The zero-order chi connectivity index (χ0) is 12.6. The van der Waals surface area contributed by atoms with Crippen LogP contribution in [-0.2, 0) is 4.79 Å². The van der Waals surface area contributed by atoms with E-state index in [0.717, 1.165) is 19.0 Å². The molecule has 1 saturated carbocycles. The number of nitrogens with two attached hydrogens (primary N) is 1. The van der Waals surface area contributed by atoms with E-state index in [9.17, 15) is 4.79 Å². The molecule has 0 radical (unpaired) electrons. The smallest absolute Gasteiger partial charge is 0.234 e. The van der Waals surface area contributed by atoms with Gasteiger partial charge in [0.1, 0.15) is 0 Å². The third-order valence-corrected chi connectivity index (χ3v) is 4.03. The Morgan fingerprint density at radius 2 is 2.06 bits per heavy atom. The number of nitrogens with one attached hydrogen (secondary N) is 1. The number of hydrogen-bond donors (Lipinski definition) is 2. The van der Waals surface area contributed by atoms with Gasteiger partial charge in [-0.3, -0.25) is 9.69 Å². The van der Waals surface area contributed by atoms with Crippen molar-refractivity contribution in [3.63, 3.8) is 0 Å². The molecule has 1 aliphatic heterocycles. The van der Waals surface area contributed by atoms with Crippen molar-refractivity contribution >= 4 is 5.91 Å². The molecule has 1 saturated heterocycles. The lowest BCUT2D eigenvalue weighted by molar-refractivity contribution is -0.121. The summed E-state index contributed by atoms with van der Waals surface area (Å²) >= 11 is 0. The first-order chi connectivity index (χ1) is 7.99. The monoisotopic (exact) mass is 239 g/mol. The van der Waals surface area contributed by atoms with E-state index in [1.165, 1.54) is 12.8 Å². The Labute approximate surface area is 104 Å². The Morgan fingerprint density at radius 1 is 1.41 bits per heavy atom. The molecule has 1 heterocycles. The second-order valence-electron chi connectivity index (χ2n) is 6.00. The van der Waals surface area contributed by atoms with Crippen LogP contribution in [0.2, 0.25) is 0 Å². The first kappa shape index (κ1) is 12.8. The van der Waals surface area contributed by atoms with Gasteiger partial charge in [-0.25, -0.2) is 0 Å². The van der Waals surface area contributed by atoms with Crippen molar-refractivity contribution in [1.29, 1.82) is 0 Å². The Bertz CT molecular complexity index is 288. The fourth-order valence-corrected chi connectivity index (χ4v) is 2.95. The van der Waals surface area contributed by atoms with Crippen LogP contribution < -0.4 is 11.1 Å². The molecular formula is C13H25N3O. The maximum absolute atomic E-state index is 11.4. The predicted octanol–water partition coefficient (Wildman–Crippen LogP) is 0.711. The lowest BCUT2D eigenvalue weighted by Gasteiger charge is -2.24. The van der Waals surface area contributed by atoms with Crippen LogP contribution in [0.25, 0.3) is 0 Å². The molecule has 2 aliphatic rings. The molecule has 1 amide bonds. The number of carbonyl (C=O) groups excluding carboxylic acids is 1. The Morgan fingerprint density at radius 3 is 2.53 bits per heavy atom. The van der Waals surface area contributed by atoms with E-state index in [1.54, 1.807) is 0 Å². The first-order valence-corrected chi connectivity index (χ1v) is 6.80. The van der Waals surface area contributed by atoms with Crippen LogP contribution in [0.1, 0.15) is 40.0 Å². The summed E-state index contributed by atoms with van der Waals surface area (Å²) in [5, 5.41) is 3.44. The maximum Gasteiger partial charge on any atom is 0.234 e. The van der Waals surface area contributed by atoms with Crippen molar-refractivity contribution in [2.75, 3.05) is 6.54 Å². The second-order valence-corrected chi connectivity index (χ2v) is 6.00. The van der Waals surface area contributed by atoms with Gasteiger partial charge in [0.15, 0.2) is 0 Å². The normalized spacial score (nSPS) is 32.0. The minimum absolute atomic E-state index is 0.189. The fourth-order valence-electron chi connectivity index (χ4n) is 2.95. The molecule has 3 N–H and O–H groups in total. The van der Waals surface area contributed by atoms with Gasteiger partial charge in [-0.2, -0.15) is 0 Å². The highest BCUT2D eigenvalue weighted by molar-refractivity contribution is 5.80. The SMILES string of the molecule is CC(C)C(NC1CC(C)N(C2CC2)C1)C(N)=O. The van der Waals surface area contributed by atoms with E-state index in [0.29, 0.717) is 12.1 Å². The second kappa shape index (κ2) is 4.94. The van der Waals surface area contributed by atoms with E-state index in [1.807, 2.05) is 13.8 Å². The van der Waals surface area contributed by atoms with Crippen molar-refractivity contribution in [2.24, 2.45) is 11.7 Å². The summed E-state index contributed by atoms with van der Waals surface area (Å²) < 4.78 is 0. The van der Waals surface area contributed by atoms with E-state index in [4.69, 9.17) is 5.73 Å². The van der Waals surface area contributed by atoms with Crippen molar-refractivity contribution in [2.45, 2.75) is 64.2 Å². The van der Waals surface area contributed by atoms with Crippen molar-refractivity contribution < 1.29 is 4.79 Å². The number of primary amides is 1. The molecular weight excluding hydrogens is 214 g/mol. The van der Waals surface area contributed by atoms with Gasteiger partial charge in [0.2, 0.25) is 5.91 Å². The lowest BCUT2D eigenvalue weighted by Crippen LogP contribution is -2.50. The van der Waals surface area contributed by atoms with E-state index in [2.05, 4.69) is 17.1 Å². The zero-order valence-corrected chi connectivity index (χ0v) is 11.1.